The van der Waals surface area contributed by atoms with Crippen LogP contribution in [0.15, 0.2) is 24.4 Å². The highest BCUT2D eigenvalue weighted by atomic mass is 16.6. The topological polar surface area (TPSA) is 98.3 Å². The normalized spacial score (nSPS) is 16.4. The van der Waals surface area contributed by atoms with Crippen molar-refractivity contribution in [1.82, 2.24) is 9.78 Å². The molecule has 1 heterocycles. The van der Waals surface area contributed by atoms with Crippen molar-refractivity contribution >= 4 is 22.6 Å². The Morgan fingerprint density at radius 3 is 2.84 bits per heavy atom. The zero-order valence-electron chi connectivity index (χ0n) is 9.89. The molecule has 0 amide bonds. The second-order valence-electron chi connectivity index (χ2n) is 4.71. The summed E-state index contributed by atoms with van der Waals surface area (Å²) in [5.74, 6) is -0.876. The van der Waals surface area contributed by atoms with Crippen LogP contribution >= 0.6 is 0 Å². The van der Waals surface area contributed by atoms with Gasteiger partial charge in [-0.2, -0.15) is 5.10 Å². The predicted octanol–water partition coefficient (Wildman–Crippen LogP) is 1.98. The van der Waals surface area contributed by atoms with Crippen LogP contribution < -0.4 is 0 Å². The molecule has 0 radical (unpaired) electrons. The Morgan fingerprint density at radius 1 is 1.53 bits per heavy atom. The molecular formula is C12H11N3O4. The van der Waals surface area contributed by atoms with E-state index in [1.807, 2.05) is 0 Å². The Balaban J connectivity index is 2.14. The largest absolute Gasteiger partial charge is 0.480 e. The van der Waals surface area contributed by atoms with Crippen molar-refractivity contribution < 1.29 is 14.8 Å². The molecule has 1 aliphatic rings. The number of hydrogen-bond acceptors (Lipinski definition) is 4. The van der Waals surface area contributed by atoms with Gasteiger partial charge in [-0.1, -0.05) is 0 Å². The molecule has 0 bridgehead atoms. The van der Waals surface area contributed by atoms with Crippen LogP contribution in [0.1, 0.15) is 18.9 Å². The van der Waals surface area contributed by atoms with Gasteiger partial charge in [0.05, 0.1) is 16.6 Å². The lowest BCUT2D eigenvalue weighted by Gasteiger charge is -2.12. The van der Waals surface area contributed by atoms with E-state index < -0.39 is 16.9 Å². The first-order valence-corrected chi connectivity index (χ1v) is 5.92. The van der Waals surface area contributed by atoms with Crippen LogP contribution in [0.4, 0.5) is 5.69 Å². The second kappa shape index (κ2) is 4.04. The van der Waals surface area contributed by atoms with Crippen molar-refractivity contribution in [2.75, 3.05) is 0 Å². The van der Waals surface area contributed by atoms with Crippen molar-refractivity contribution in [2.24, 2.45) is 5.92 Å². The molecule has 1 unspecified atom stereocenters. The number of aromatic nitrogens is 2. The van der Waals surface area contributed by atoms with Crippen molar-refractivity contribution in [3.05, 3.63) is 34.5 Å². The number of nitro benzene ring substituents is 1. The third-order valence-electron chi connectivity index (χ3n) is 3.38. The van der Waals surface area contributed by atoms with Gasteiger partial charge in [0.2, 0.25) is 0 Å². The van der Waals surface area contributed by atoms with Crippen molar-refractivity contribution in [2.45, 2.75) is 18.9 Å². The van der Waals surface area contributed by atoms with E-state index in [1.165, 1.54) is 23.0 Å². The van der Waals surface area contributed by atoms with E-state index in [9.17, 15) is 20.0 Å². The zero-order chi connectivity index (χ0) is 13.6. The molecule has 7 heteroatoms. The molecule has 2 aromatic rings. The molecule has 1 atom stereocenters. The molecule has 98 valence electrons. The molecule has 1 fully saturated rings. The van der Waals surface area contributed by atoms with E-state index in [0.717, 1.165) is 12.8 Å². The smallest absolute Gasteiger partial charge is 0.328 e. The van der Waals surface area contributed by atoms with E-state index in [-0.39, 0.29) is 11.6 Å². The summed E-state index contributed by atoms with van der Waals surface area (Å²) >= 11 is 0. The first-order valence-electron chi connectivity index (χ1n) is 5.92. The number of fused-ring (bicyclic) bond motifs is 1. The Bertz CT molecular complexity index is 675. The van der Waals surface area contributed by atoms with Crippen LogP contribution in [-0.2, 0) is 4.79 Å². The van der Waals surface area contributed by atoms with E-state index >= 15 is 0 Å². The number of carbonyl (C=O) groups is 1. The molecule has 0 saturated heterocycles. The highest BCUT2D eigenvalue weighted by Gasteiger charge is 2.39. The van der Waals surface area contributed by atoms with E-state index in [4.69, 9.17) is 0 Å². The highest BCUT2D eigenvalue weighted by molar-refractivity contribution is 5.83. The highest BCUT2D eigenvalue weighted by Crippen LogP contribution is 2.41. The molecule has 1 aromatic heterocycles. The monoisotopic (exact) mass is 261 g/mol. The fourth-order valence-electron chi connectivity index (χ4n) is 2.28. The Kier molecular flexibility index (Phi) is 2.48. The standard InChI is InChI=1S/C12H11N3O4/c16-12(17)11(7-1-2-7)14-10-5-9(15(18)19)4-3-8(10)6-13-14/h3-7,11H,1-2H2,(H,16,17). The van der Waals surface area contributed by atoms with E-state index in [0.29, 0.717) is 10.9 Å². The van der Waals surface area contributed by atoms with Gasteiger partial charge in [0.25, 0.3) is 5.69 Å². The van der Waals surface area contributed by atoms with Gasteiger partial charge in [-0.05, 0) is 24.8 Å². The summed E-state index contributed by atoms with van der Waals surface area (Å²) in [6, 6.07) is 3.62. The third kappa shape index (κ3) is 1.92. The van der Waals surface area contributed by atoms with Gasteiger partial charge in [0.15, 0.2) is 6.04 Å². The lowest BCUT2D eigenvalue weighted by molar-refractivity contribution is -0.384. The summed E-state index contributed by atoms with van der Waals surface area (Å²) in [7, 11) is 0. The lowest BCUT2D eigenvalue weighted by Crippen LogP contribution is -2.21. The van der Waals surface area contributed by atoms with Gasteiger partial charge in [-0.3, -0.25) is 10.1 Å². The maximum atomic E-state index is 11.3. The van der Waals surface area contributed by atoms with Crippen LogP contribution in [-0.4, -0.2) is 25.8 Å². The predicted molar refractivity (Wildman–Crippen MR) is 65.8 cm³/mol. The summed E-state index contributed by atoms with van der Waals surface area (Å²) in [6.45, 7) is 0. The van der Waals surface area contributed by atoms with Gasteiger partial charge in [0, 0.05) is 17.5 Å². The number of carboxylic acids is 1. The third-order valence-corrected chi connectivity index (χ3v) is 3.38. The van der Waals surface area contributed by atoms with Gasteiger partial charge < -0.3 is 5.11 Å². The van der Waals surface area contributed by atoms with Crippen LogP contribution in [0, 0.1) is 16.0 Å². The van der Waals surface area contributed by atoms with Crippen LogP contribution in [0.5, 0.6) is 0 Å². The molecule has 3 rings (SSSR count). The van der Waals surface area contributed by atoms with Crippen LogP contribution in [0.3, 0.4) is 0 Å². The summed E-state index contributed by atoms with van der Waals surface area (Å²) in [4.78, 5) is 21.6. The molecule has 0 aliphatic heterocycles. The number of aliphatic carboxylic acids is 1. The minimum absolute atomic E-state index is 0.0609. The first kappa shape index (κ1) is 11.6. The van der Waals surface area contributed by atoms with Crippen molar-refractivity contribution in [3.63, 3.8) is 0 Å². The number of benzene rings is 1. The van der Waals surface area contributed by atoms with Gasteiger partial charge in [0.1, 0.15) is 0 Å². The van der Waals surface area contributed by atoms with Crippen LogP contribution in [0.25, 0.3) is 10.9 Å². The summed E-state index contributed by atoms with van der Waals surface area (Å²) in [5, 5.41) is 24.9. The van der Waals surface area contributed by atoms with E-state index in [2.05, 4.69) is 5.10 Å². The number of carboxylic acid groups (broad SMARTS) is 1. The Hall–Kier alpha value is -2.44. The lowest BCUT2D eigenvalue weighted by atomic mass is 10.1. The molecule has 1 N–H and O–H groups in total. The molecular weight excluding hydrogens is 250 g/mol. The molecule has 1 aromatic carbocycles. The average Bonchev–Trinajstić information content (AvgIpc) is 3.10. The maximum Gasteiger partial charge on any atom is 0.328 e. The van der Waals surface area contributed by atoms with Gasteiger partial charge in [-0.15, -0.1) is 0 Å². The SMILES string of the molecule is O=C(O)C(C1CC1)n1ncc2ccc([N+](=O)[O-])cc21. The van der Waals surface area contributed by atoms with Gasteiger partial charge in [-0.25, -0.2) is 9.48 Å². The second-order valence-corrected chi connectivity index (χ2v) is 4.71. The quantitative estimate of drug-likeness (QED) is 0.670. The fourth-order valence-corrected chi connectivity index (χ4v) is 2.28. The number of hydrogen-bond donors (Lipinski definition) is 1. The minimum Gasteiger partial charge on any atom is -0.480 e. The minimum atomic E-state index is -0.945. The Morgan fingerprint density at radius 2 is 2.26 bits per heavy atom. The first-order chi connectivity index (χ1) is 9.08. The molecule has 7 nitrogen and oxygen atoms in total. The van der Waals surface area contributed by atoms with Crippen LogP contribution in [0.2, 0.25) is 0 Å². The number of nitrogens with zero attached hydrogens (tertiary/aromatic N) is 3. The summed E-state index contributed by atoms with van der Waals surface area (Å²) in [6.07, 6.45) is 3.25. The fraction of sp³-hybridized carbons (Fsp3) is 0.333. The van der Waals surface area contributed by atoms with E-state index in [1.54, 1.807) is 6.07 Å². The number of non-ortho nitro benzene ring substituents is 1. The molecule has 1 saturated carbocycles. The summed E-state index contributed by atoms with van der Waals surface area (Å²) in [5.41, 5.74) is 0.433. The molecule has 1 aliphatic carbocycles. The Labute approximate surface area is 107 Å². The number of nitro groups is 1. The van der Waals surface area contributed by atoms with Crippen molar-refractivity contribution in [3.8, 4) is 0 Å². The van der Waals surface area contributed by atoms with Crippen molar-refractivity contribution in [1.29, 1.82) is 0 Å². The summed E-state index contributed by atoms with van der Waals surface area (Å²) < 4.78 is 1.39. The van der Waals surface area contributed by atoms with Gasteiger partial charge >= 0.3 is 5.97 Å². The maximum absolute atomic E-state index is 11.3. The molecule has 19 heavy (non-hydrogen) atoms. The number of rotatable bonds is 4. The average molecular weight is 261 g/mol. The zero-order valence-corrected chi connectivity index (χ0v) is 9.89. The molecule has 0 spiro atoms.